The van der Waals surface area contributed by atoms with Crippen LogP contribution in [-0.4, -0.2) is 36.1 Å². The number of rotatable bonds is 5. The highest BCUT2D eigenvalue weighted by molar-refractivity contribution is 7.89. The van der Waals surface area contributed by atoms with Crippen molar-refractivity contribution in [3.8, 4) is 5.69 Å². The summed E-state index contributed by atoms with van der Waals surface area (Å²) in [4.78, 5) is 14.4. The molecule has 2 aromatic carbocycles. The Bertz CT molecular complexity index is 1030. The van der Waals surface area contributed by atoms with Crippen LogP contribution >= 0.6 is 0 Å². The largest absolute Gasteiger partial charge is 0.335 e. The average Bonchev–Trinajstić information content (AvgIpc) is 3.20. The van der Waals surface area contributed by atoms with Gasteiger partial charge < -0.3 is 4.90 Å². The summed E-state index contributed by atoms with van der Waals surface area (Å²) in [6.45, 7) is 1.88. The van der Waals surface area contributed by atoms with Gasteiger partial charge in [-0.1, -0.05) is 12.1 Å². The molecule has 0 radical (unpaired) electrons. The fourth-order valence-electron chi connectivity index (χ4n) is 2.72. The van der Waals surface area contributed by atoms with Crippen molar-refractivity contribution in [3.63, 3.8) is 0 Å². The summed E-state index contributed by atoms with van der Waals surface area (Å²) in [6, 6.07) is 15.0. The summed E-state index contributed by atoms with van der Waals surface area (Å²) in [5, 5.41) is 9.27. The van der Waals surface area contributed by atoms with Crippen molar-refractivity contribution in [1.29, 1.82) is 0 Å². The summed E-state index contributed by atoms with van der Waals surface area (Å²) in [7, 11) is -2.02. The highest BCUT2D eigenvalue weighted by Gasteiger charge is 2.19. The predicted molar refractivity (Wildman–Crippen MR) is 102 cm³/mol. The zero-order chi connectivity index (χ0) is 19.6. The van der Waals surface area contributed by atoms with Gasteiger partial charge in [-0.15, -0.1) is 0 Å². The van der Waals surface area contributed by atoms with E-state index < -0.39 is 10.0 Å². The van der Waals surface area contributed by atoms with Crippen LogP contribution in [0.3, 0.4) is 0 Å². The van der Waals surface area contributed by atoms with Crippen molar-refractivity contribution in [1.82, 2.24) is 14.7 Å². The van der Waals surface area contributed by atoms with Crippen LogP contribution in [0.4, 0.5) is 0 Å². The van der Waals surface area contributed by atoms with Crippen LogP contribution in [0.1, 0.15) is 28.9 Å². The number of nitrogens with two attached hydrogens (primary N) is 1. The first-order chi connectivity index (χ1) is 12.8. The van der Waals surface area contributed by atoms with E-state index >= 15 is 0 Å². The number of primary sulfonamides is 1. The Morgan fingerprint density at radius 3 is 2.26 bits per heavy atom. The van der Waals surface area contributed by atoms with E-state index in [1.54, 1.807) is 47.1 Å². The van der Waals surface area contributed by atoms with Crippen LogP contribution < -0.4 is 5.14 Å². The second-order valence-corrected chi connectivity index (χ2v) is 7.77. The molecule has 27 heavy (non-hydrogen) atoms. The minimum Gasteiger partial charge on any atom is -0.335 e. The highest BCUT2D eigenvalue weighted by Crippen LogP contribution is 2.22. The van der Waals surface area contributed by atoms with E-state index in [9.17, 15) is 13.2 Å². The summed E-state index contributed by atoms with van der Waals surface area (Å²) in [5.74, 6) is -0.134. The maximum atomic E-state index is 12.8. The van der Waals surface area contributed by atoms with Gasteiger partial charge in [0.25, 0.3) is 5.91 Å². The van der Waals surface area contributed by atoms with Crippen LogP contribution in [0.5, 0.6) is 0 Å². The molecule has 7 nitrogen and oxygen atoms in total. The van der Waals surface area contributed by atoms with E-state index in [1.165, 1.54) is 12.1 Å². The Labute approximate surface area is 158 Å². The molecule has 140 valence electrons. The van der Waals surface area contributed by atoms with Gasteiger partial charge in [0.1, 0.15) is 0 Å². The Balaban J connectivity index is 1.76. The van der Waals surface area contributed by atoms with Crippen molar-refractivity contribution in [2.24, 2.45) is 5.14 Å². The van der Waals surface area contributed by atoms with Crippen molar-refractivity contribution in [3.05, 3.63) is 78.1 Å². The smallest absolute Gasteiger partial charge is 0.254 e. The number of carbonyl (C=O) groups is 1. The number of hydrogen-bond donors (Lipinski definition) is 1. The van der Waals surface area contributed by atoms with Gasteiger partial charge in [-0.25, -0.2) is 18.2 Å². The number of hydrogen-bond acceptors (Lipinski definition) is 4. The summed E-state index contributed by atoms with van der Waals surface area (Å²) >= 11 is 0. The van der Waals surface area contributed by atoms with Gasteiger partial charge in [-0.2, -0.15) is 5.10 Å². The van der Waals surface area contributed by atoms with Crippen molar-refractivity contribution in [2.45, 2.75) is 17.9 Å². The third kappa shape index (κ3) is 4.07. The van der Waals surface area contributed by atoms with Gasteiger partial charge >= 0.3 is 0 Å². The molecular weight excluding hydrogens is 364 g/mol. The fourth-order valence-corrected chi connectivity index (χ4v) is 3.23. The first-order valence-electron chi connectivity index (χ1n) is 8.27. The predicted octanol–water partition coefficient (Wildman–Crippen LogP) is 2.35. The number of carbonyl (C=O) groups excluding carboxylic acids is 1. The number of nitrogens with zero attached hydrogens (tertiary/aromatic N) is 3. The number of sulfonamides is 1. The van der Waals surface area contributed by atoms with Gasteiger partial charge in [0.2, 0.25) is 10.0 Å². The van der Waals surface area contributed by atoms with E-state index in [1.807, 2.05) is 31.3 Å². The molecule has 0 saturated heterocycles. The Hall–Kier alpha value is -2.97. The minimum absolute atomic E-state index is 0.0432. The summed E-state index contributed by atoms with van der Waals surface area (Å²) in [6.07, 6.45) is 3.52. The lowest BCUT2D eigenvalue weighted by Gasteiger charge is -2.25. The standard InChI is InChI=1S/C19H20N4O3S/c1-14(15-6-10-18(11-7-15)27(20,25)26)22(2)19(24)16-4-8-17(9-5-16)23-13-3-12-21-23/h3-14H,1-2H3,(H2,20,25,26). The topological polar surface area (TPSA) is 98.3 Å². The van der Waals surface area contributed by atoms with E-state index in [-0.39, 0.29) is 16.8 Å². The monoisotopic (exact) mass is 384 g/mol. The van der Waals surface area contributed by atoms with Gasteiger partial charge in [0, 0.05) is 25.0 Å². The van der Waals surface area contributed by atoms with Crippen LogP contribution in [0.2, 0.25) is 0 Å². The highest BCUT2D eigenvalue weighted by atomic mass is 32.2. The number of aromatic nitrogens is 2. The second-order valence-electron chi connectivity index (χ2n) is 6.20. The first-order valence-corrected chi connectivity index (χ1v) is 9.82. The lowest BCUT2D eigenvalue weighted by Crippen LogP contribution is -2.29. The van der Waals surface area contributed by atoms with Crippen LogP contribution in [0.15, 0.2) is 71.9 Å². The van der Waals surface area contributed by atoms with Crippen molar-refractivity contribution in [2.75, 3.05) is 7.05 Å². The van der Waals surface area contributed by atoms with E-state index in [2.05, 4.69) is 5.10 Å². The van der Waals surface area contributed by atoms with Gasteiger partial charge in [-0.3, -0.25) is 4.79 Å². The van der Waals surface area contributed by atoms with Crippen LogP contribution in [0, 0.1) is 0 Å². The van der Waals surface area contributed by atoms with Crippen molar-refractivity contribution >= 4 is 15.9 Å². The molecular formula is C19H20N4O3S. The molecule has 1 aromatic heterocycles. The van der Waals surface area contributed by atoms with E-state index in [4.69, 9.17) is 5.14 Å². The molecule has 0 aliphatic rings. The first kappa shape index (κ1) is 18.8. The quantitative estimate of drug-likeness (QED) is 0.730. The molecule has 1 unspecified atom stereocenters. The van der Waals surface area contributed by atoms with E-state index in [0.29, 0.717) is 5.56 Å². The molecule has 8 heteroatoms. The lowest BCUT2D eigenvalue weighted by atomic mass is 10.1. The molecule has 1 atom stereocenters. The Kier molecular flexibility index (Phi) is 5.11. The minimum atomic E-state index is -3.74. The van der Waals surface area contributed by atoms with Gasteiger partial charge in [0.05, 0.1) is 16.6 Å². The molecule has 3 rings (SSSR count). The van der Waals surface area contributed by atoms with Gasteiger partial charge in [-0.05, 0) is 55.0 Å². The van der Waals surface area contributed by atoms with Crippen molar-refractivity contribution < 1.29 is 13.2 Å². The van der Waals surface area contributed by atoms with Crippen LogP contribution in [-0.2, 0) is 10.0 Å². The third-order valence-corrected chi connectivity index (χ3v) is 5.40. The molecule has 0 fully saturated rings. The number of benzene rings is 2. The molecule has 2 N–H and O–H groups in total. The molecule has 0 aliphatic carbocycles. The molecule has 0 aliphatic heterocycles. The Morgan fingerprint density at radius 1 is 1.11 bits per heavy atom. The Morgan fingerprint density at radius 2 is 1.74 bits per heavy atom. The van der Waals surface area contributed by atoms with Crippen LogP contribution in [0.25, 0.3) is 5.69 Å². The fraction of sp³-hybridized carbons (Fsp3) is 0.158. The third-order valence-electron chi connectivity index (χ3n) is 4.48. The van der Waals surface area contributed by atoms with E-state index in [0.717, 1.165) is 11.3 Å². The maximum Gasteiger partial charge on any atom is 0.254 e. The zero-order valence-corrected chi connectivity index (χ0v) is 15.8. The SMILES string of the molecule is CC(c1ccc(S(N)(=O)=O)cc1)N(C)C(=O)c1ccc(-n2cccn2)cc1. The number of amides is 1. The molecule has 3 aromatic rings. The average molecular weight is 384 g/mol. The molecule has 0 spiro atoms. The molecule has 1 heterocycles. The normalized spacial score (nSPS) is 12.6. The lowest BCUT2D eigenvalue weighted by molar-refractivity contribution is 0.0742. The zero-order valence-electron chi connectivity index (χ0n) is 15.0. The molecule has 0 saturated carbocycles. The summed E-state index contributed by atoms with van der Waals surface area (Å²) < 4.78 is 24.4. The van der Waals surface area contributed by atoms with Gasteiger partial charge in [0.15, 0.2) is 0 Å². The maximum absolute atomic E-state index is 12.8. The molecule has 1 amide bonds. The molecule has 0 bridgehead atoms. The second kappa shape index (κ2) is 7.34. The summed E-state index contributed by atoms with van der Waals surface area (Å²) in [5.41, 5.74) is 2.23.